The molecule has 0 saturated carbocycles. The number of rotatable bonds is 0. The van der Waals surface area contributed by atoms with E-state index in [1.54, 1.807) is 28.2 Å². The first-order chi connectivity index (χ1) is 2.83. The molecule has 0 fully saturated rings. The zero-order chi connectivity index (χ0) is 5.41. The predicted octanol–water partition coefficient (Wildman–Crippen LogP) is -7.75. The number of halogens is 3. The Morgan fingerprint density at radius 1 is 0.600 bits per heavy atom. The molecule has 0 N–H and O–H groups in total. The Morgan fingerprint density at radius 2 is 0.600 bits per heavy atom. The van der Waals surface area contributed by atoms with Crippen molar-refractivity contribution in [1.82, 2.24) is 0 Å². The van der Waals surface area contributed by atoms with Gasteiger partial charge in [-0.05, 0) is 0 Å². The van der Waals surface area contributed by atoms with Gasteiger partial charge in [-0.15, -0.1) is 0 Å². The fourth-order valence-electron chi connectivity index (χ4n) is 0. The molecule has 64 valence electrons. The first-order valence-electron chi connectivity index (χ1n) is 1.79. The second-order valence-electron chi connectivity index (χ2n) is 0.894. The van der Waals surface area contributed by atoms with Crippen molar-refractivity contribution in [3.05, 3.63) is 10.6 Å². The van der Waals surface area contributed by atoms with Gasteiger partial charge >= 0.3 is 22.4 Å². The molecular weight excluding hydrogens is 363 g/mol. The van der Waals surface area contributed by atoms with E-state index >= 15 is 0 Å². The summed E-state index contributed by atoms with van der Waals surface area (Å²) in [5, 5.41) is 7.00. The van der Waals surface area contributed by atoms with Gasteiger partial charge in [0, 0.05) is 0 Å². The average molecular weight is 375 g/mol. The Kier molecular flexibility index (Phi) is 321. The SMILES string of the molecule is C[N-]C.C[N-]C.[Cl-].[Cl-].[Cl-].[Ta+5]. The molecular formula is C4H12Cl3N2Ta. The maximum absolute atomic E-state index is 3.50. The third kappa shape index (κ3) is 296. The van der Waals surface area contributed by atoms with Gasteiger partial charge in [-0.25, -0.2) is 0 Å². The van der Waals surface area contributed by atoms with Gasteiger partial charge in [0.2, 0.25) is 0 Å². The molecule has 0 aliphatic rings. The second kappa shape index (κ2) is 76.7. The fraction of sp³-hybridized carbons (Fsp3) is 1.00. The summed E-state index contributed by atoms with van der Waals surface area (Å²) in [6.07, 6.45) is 0. The van der Waals surface area contributed by atoms with Gasteiger partial charge in [0.1, 0.15) is 0 Å². The molecule has 0 rings (SSSR count). The van der Waals surface area contributed by atoms with E-state index < -0.39 is 0 Å². The minimum absolute atomic E-state index is 0. The topological polar surface area (TPSA) is 28.2 Å². The van der Waals surface area contributed by atoms with Gasteiger partial charge < -0.3 is 47.9 Å². The third-order valence-electron chi connectivity index (χ3n) is 0. The quantitative estimate of drug-likeness (QED) is 0.403. The predicted molar refractivity (Wildman–Crippen MR) is 30.4 cm³/mol. The summed E-state index contributed by atoms with van der Waals surface area (Å²) < 4.78 is 0. The molecule has 0 spiro atoms. The van der Waals surface area contributed by atoms with Crippen LogP contribution in [0.3, 0.4) is 0 Å². The van der Waals surface area contributed by atoms with Gasteiger partial charge in [0.15, 0.2) is 0 Å². The summed E-state index contributed by atoms with van der Waals surface area (Å²) in [5.41, 5.74) is 0. The van der Waals surface area contributed by atoms with Crippen molar-refractivity contribution >= 4 is 0 Å². The van der Waals surface area contributed by atoms with Crippen LogP contribution in [0.2, 0.25) is 0 Å². The molecule has 0 aromatic heterocycles. The van der Waals surface area contributed by atoms with E-state index in [9.17, 15) is 0 Å². The minimum Gasteiger partial charge on any atom is -1.00 e. The monoisotopic (exact) mass is 374 g/mol. The van der Waals surface area contributed by atoms with Gasteiger partial charge in [-0.3, -0.25) is 0 Å². The molecule has 0 radical (unpaired) electrons. The molecule has 0 saturated heterocycles. The van der Waals surface area contributed by atoms with Crippen molar-refractivity contribution in [2.45, 2.75) is 0 Å². The summed E-state index contributed by atoms with van der Waals surface area (Å²) in [5.74, 6) is 0. The Balaban J connectivity index is -0.00000000571. The Hall–Kier alpha value is 1.53. The van der Waals surface area contributed by atoms with Crippen LogP contribution in [0.4, 0.5) is 0 Å². The van der Waals surface area contributed by atoms with E-state index in [-0.39, 0.29) is 59.6 Å². The van der Waals surface area contributed by atoms with Crippen LogP contribution >= 0.6 is 0 Å². The molecule has 2 nitrogen and oxygen atoms in total. The molecule has 0 atom stereocenters. The van der Waals surface area contributed by atoms with Crippen LogP contribution < -0.4 is 37.2 Å². The van der Waals surface area contributed by atoms with Crippen molar-refractivity contribution in [1.29, 1.82) is 0 Å². The summed E-state index contributed by atoms with van der Waals surface area (Å²) in [6, 6.07) is 0. The molecule has 0 aliphatic heterocycles. The number of hydrogen-bond donors (Lipinski definition) is 0. The fourth-order valence-corrected chi connectivity index (χ4v) is 0. The van der Waals surface area contributed by atoms with E-state index in [1.165, 1.54) is 0 Å². The van der Waals surface area contributed by atoms with Gasteiger partial charge in [0.25, 0.3) is 0 Å². The van der Waals surface area contributed by atoms with Crippen LogP contribution in [-0.4, -0.2) is 28.2 Å². The normalized spacial score (nSPS) is 3.60. The standard InChI is InChI=1S/2C2H6N.3ClH.Ta/c2*1-3-2;;;;/h2*1-2H3;3*1H;/q2*-1;;;;+5/p-3. The van der Waals surface area contributed by atoms with Crippen molar-refractivity contribution in [2.75, 3.05) is 28.2 Å². The number of nitrogens with zero attached hydrogens (tertiary/aromatic N) is 2. The molecule has 10 heavy (non-hydrogen) atoms. The average Bonchev–Trinajstić information content (AvgIpc) is 1.39. The molecule has 0 aliphatic carbocycles. The maximum atomic E-state index is 3.50. The molecule has 0 amide bonds. The zero-order valence-electron chi connectivity index (χ0n) is 6.48. The van der Waals surface area contributed by atoms with E-state index in [4.69, 9.17) is 0 Å². The molecule has 6 heteroatoms. The molecule has 0 heterocycles. The largest absolute Gasteiger partial charge is 5.00 e. The van der Waals surface area contributed by atoms with Gasteiger partial charge in [0.05, 0.1) is 0 Å². The first-order valence-corrected chi connectivity index (χ1v) is 1.79. The van der Waals surface area contributed by atoms with E-state index in [1.807, 2.05) is 0 Å². The van der Waals surface area contributed by atoms with Crippen LogP contribution in [0, 0.1) is 0 Å². The smallest absolute Gasteiger partial charge is 1.00 e. The zero-order valence-corrected chi connectivity index (χ0v) is 12.0. The molecule has 0 bridgehead atoms. The Morgan fingerprint density at radius 3 is 0.600 bits per heavy atom. The first kappa shape index (κ1) is 41.8. The summed E-state index contributed by atoms with van der Waals surface area (Å²) in [4.78, 5) is 0. The summed E-state index contributed by atoms with van der Waals surface area (Å²) in [6.45, 7) is 0. The van der Waals surface area contributed by atoms with Crippen molar-refractivity contribution in [3.63, 3.8) is 0 Å². The summed E-state index contributed by atoms with van der Waals surface area (Å²) >= 11 is 0. The Labute approximate surface area is 98.0 Å². The van der Waals surface area contributed by atoms with Crippen molar-refractivity contribution < 1.29 is 59.6 Å². The van der Waals surface area contributed by atoms with Crippen LogP contribution in [0.25, 0.3) is 10.6 Å². The van der Waals surface area contributed by atoms with Crippen LogP contribution in [-0.2, 0) is 22.4 Å². The third-order valence-corrected chi connectivity index (χ3v) is 0. The molecule has 0 aromatic rings. The van der Waals surface area contributed by atoms with Gasteiger partial charge in [-0.2, -0.15) is 28.2 Å². The van der Waals surface area contributed by atoms with Crippen molar-refractivity contribution in [2.24, 2.45) is 0 Å². The van der Waals surface area contributed by atoms with E-state index in [0.717, 1.165) is 0 Å². The van der Waals surface area contributed by atoms with E-state index in [0.29, 0.717) is 0 Å². The van der Waals surface area contributed by atoms with Crippen LogP contribution in [0.1, 0.15) is 0 Å². The van der Waals surface area contributed by atoms with Crippen LogP contribution in [0.5, 0.6) is 0 Å². The minimum atomic E-state index is 0. The van der Waals surface area contributed by atoms with E-state index in [2.05, 4.69) is 10.6 Å². The molecule has 0 unspecified atom stereocenters. The summed E-state index contributed by atoms with van der Waals surface area (Å²) in [7, 11) is 7.00. The molecule has 0 aromatic carbocycles. The second-order valence-corrected chi connectivity index (χ2v) is 0.894. The van der Waals surface area contributed by atoms with Gasteiger partial charge in [-0.1, -0.05) is 0 Å². The Bertz CT molecular complexity index is 20.5. The maximum Gasteiger partial charge on any atom is 5.00 e. The number of hydrogen-bond acceptors (Lipinski definition) is 0. The van der Waals surface area contributed by atoms with Crippen molar-refractivity contribution in [3.8, 4) is 0 Å². The van der Waals surface area contributed by atoms with Crippen LogP contribution in [0.15, 0.2) is 0 Å².